The molecule has 3 rings (SSSR count). The molecule has 0 unspecified atom stereocenters. The van der Waals surface area contributed by atoms with Crippen LogP contribution in [-0.2, 0) is 11.2 Å². The molecule has 3 N–H and O–H groups in total. The summed E-state index contributed by atoms with van der Waals surface area (Å²) in [5.41, 5.74) is 5.79. The van der Waals surface area contributed by atoms with E-state index < -0.39 is 0 Å². The van der Waals surface area contributed by atoms with E-state index in [2.05, 4.69) is 20.3 Å². The SMILES string of the molecule is COCCc1noc([C@@H]2CCCCN2C(=O)c2[nH]nc(N)c2Cl)n1. The largest absolute Gasteiger partial charge is 0.384 e. The Morgan fingerprint density at radius 2 is 2.38 bits per heavy atom. The number of nitrogen functional groups attached to an aromatic ring is 1. The van der Waals surface area contributed by atoms with Crippen LogP contribution in [0.2, 0.25) is 5.02 Å². The molecule has 2 aromatic rings. The lowest BCUT2D eigenvalue weighted by atomic mass is 10.0. The summed E-state index contributed by atoms with van der Waals surface area (Å²) in [6, 6.07) is -0.282. The third-order valence-electron chi connectivity index (χ3n) is 4.01. The monoisotopic (exact) mass is 354 g/mol. The molecule has 10 heteroatoms. The Kier molecular flexibility index (Phi) is 5.00. The molecule has 1 fully saturated rings. The van der Waals surface area contributed by atoms with Crippen molar-refractivity contribution >= 4 is 23.3 Å². The summed E-state index contributed by atoms with van der Waals surface area (Å²) >= 11 is 6.05. The lowest BCUT2D eigenvalue weighted by Crippen LogP contribution is -2.39. The van der Waals surface area contributed by atoms with Gasteiger partial charge in [-0.3, -0.25) is 9.89 Å². The van der Waals surface area contributed by atoms with E-state index in [1.54, 1.807) is 12.0 Å². The molecule has 1 aliphatic heterocycles. The Hall–Kier alpha value is -2.13. The van der Waals surface area contributed by atoms with Crippen molar-refractivity contribution in [1.29, 1.82) is 0 Å². The van der Waals surface area contributed by atoms with E-state index in [0.717, 1.165) is 19.3 Å². The van der Waals surface area contributed by atoms with Crippen LogP contribution in [0.5, 0.6) is 0 Å². The number of hydrogen-bond acceptors (Lipinski definition) is 7. The van der Waals surface area contributed by atoms with Gasteiger partial charge >= 0.3 is 0 Å². The van der Waals surface area contributed by atoms with Crippen LogP contribution in [0, 0.1) is 0 Å². The number of ether oxygens (including phenoxy) is 1. The molecule has 130 valence electrons. The van der Waals surface area contributed by atoms with Crippen LogP contribution in [0.15, 0.2) is 4.52 Å². The van der Waals surface area contributed by atoms with E-state index in [1.807, 2.05) is 0 Å². The van der Waals surface area contributed by atoms with Gasteiger partial charge in [-0.1, -0.05) is 16.8 Å². The van der Waals surface area contributed by atoms with E-state index in [-0.39, 0.29) is 28.5 Å². The maximum Gasteiger partial charge on any atom is 0.274 e. The van der Waals surface area contributed by atoms with Crippen LogP contribution >= 0.6 is 11.6 Å². The predicted molar refractivity (Wildman–Crippen MR) is 85.5 cm³/mol. The third kappa shape index (κ3) is 3.22. The molecule has 1 aliphatic rings. The Balaban J connectivity index is 1.81. The summed E-state index contributed by atoms with van der Waals surface area (Å²) in [6.45, 7) is 1.09. The van der Waals surface area contributed by atoms with E-state index in [9.17, 15) is 4.79 Å². The molecule has 0 aliphatic carbocycles. The molecule has 0 radical (unpaired) electrons. The first kappa shape index (κ1) is 16.7. The van der Waals surface area contributed by atoms with Crippen molar-refractivity contribution in [3.05, 3.63) is 22.4 Å². The highest BCUT2D eigenvalue weighted by Gasteiger charge is 2.34. The smallest absolute Gasteiger partial charge is 0.274 e. The van der Waals surface area contributed by atoms with Gasteiger partial charge in [0, 0.05) is 20.1 Å². The third-order valence-corrected chi connectivity index (χ3v) is 4.39. The number of carbonyl (C=O) groups is 1. The number of anilines is 1. The minimum absolute atomic E-state index is 0.105. The fourth-order valence-electron chi connectivity index (χ4n) is 2.76. The maximum atomic E-state index is 12.8. The van der Waals surface area contributed by atoms with Crippen molar-refractivity contribution in [3.8, 4) is 0 Å². The standard InChI is InChI=1S/C14H19ClN6O3/c1-23-7-5-9-17-13(24-20-9)8-4-2-3-6-21(8)14(22)11-10(15)12(16)19-18-11/h8H,2-7H2,1H3,(H3,16,18,19)/t8-/m0/s1. The number of piperidine rings is 1. The van der Waals surface area contributed by atoms with Gasteiger partial charge in [-0.25, -0.2) is 0 Å². The Labute approximate surface area is 143 Å². The van der Waals surface area contributed by atoms with Gasteiger partial charge in [0.25, 0.3) is 5.91 Å². The fourth-order valence-corrected chi connectivity index (χ4v) is 2.92. The van der Waals surface area contributed by atoms with Crippen LogP contribution in [0.3, 0.4) is 0 Å². The highest BCUT2D eigenvalue weighted by atomic mass is 35.5. The molecule has 0 bridgehead atoms. The number of aromatic nitrogens is 4. The number of nitrogens with two attached hydrogens (primary N) is 1. The average Bonchev–Trinajstić information content (AvgIpc) is 3.20. The molecule has 1 saturated heterocycles. The molecule has 1 amide bonds. The zero-order valence-corrected chi connectivity index (χ0v) is 14.0. The van der Waals surface area contributed by atoms with Crippen molar-refractivity contribution in [3.63, 3.8) is 0 Å². The van der Waals surface area contributed by atoms with Crippen molar-refractivity contribution < 1.29 is 14.1 Å². The Morgan fingerprint density at radius 1 is 1.54 bits per heavy atom. The highest BCUT2D eigenvalue weighted by molar-refractivity contribution is 6.35. The normalized spacial score (nSPS) is 18.1. The van der Waals surface area contributed by atoms with Gasteiger partial charge in [0.05, 0.1) is 6.61 Å². The number of nitrogens with zero attached hydrogens (tertiary/aromatic N) is 4. The summed E-state index contributed by atoms with van der Waals surface area (Å²) in [5.74, 6) is 0.824. The first-order valence-corrected chi connectivity index (χ1v) is 8.11. The molecule has 0 saturated carbocycles. The number of nitrogens with one attached hydrogen (secondary N) is 1. The fraction of sp³-hybridized carbons (Fsp3) is 0.571. The minimum Gasteiger partial charge on any atom is -0.384 e. The van der Waals surface area contributed by atoms with Gasteiger partial charge < -0.3 is 19.9 Å². The van der Waals surface area contributed by atoms with Gasteiger partial charge in [0.1, 0.15) is 16.8 Å². The van der Waals surface area contributed by atoms with E-state index in [0.29, 0.717) is 31.3 Å². The molecule has 1 atom stereocenters. The number of halogens is 1. The second-order valence-corrected chi connectivity index (χ2v) is 5.98. The van der Waals surface area contributed by atoms with E-state index in [1.165, 1.54) is 0 Å². The number of hydrogen-bond donors (Lipinski definition) is 2. The summed E-state index contributed by atoms with van der Waals surface area (Å²) in [5, 5.41) is 10.5. The van der Waals surface area contributed by atoms with Crippen LogP contribution in [0.25, 0.3) is 0 Å². The Morgan fingerprint density at radius 3 is 3.08 bits per heavy atom. The van der Waals surface area contributed by atoms with Crippen LogP contribution in [-0.4, -0.2) is 51.4 Å². The topological polar surface area (TPSA) is 123 Å². The lowest BCUT2D eigenvalue weighted by molar-refractivity contribution is 0.0555. The van der Waals surface area contributed by atoms with Crippen molar-refractivity contribution in [1.82, 2.24) is 25.2 Å². The average molecular weight is 355 g/mol. The molecule has 9 nitrogen and oxygen atoms in total. The summed E-state index contributed by atoms with van der Waals surface area (Å²) in [4.78, 5) is 18.9. The molecular weight excluding hydrogens is 336 g/mol. The van der Waals surface area contributed by atoms with Gasteiger partial charge in [-0.15, -0.1) is 0 Å². The van der Waals surface area contributed by atoms with Crippen molar-refractivity contribution in [2.75, 3.05) is 26.0 Å². The van der Waals surface area contributed by atoms with Crippen LogP contribution < -0.4 is 5.73 Å². The maximum absolute atomic E-state index is 12.8. The number of methoxy groups -OCH3 is 1. The quantitative estimate of drug-likeness (QED) is 0.835. The molecule has 2 aromatic heterocycles. The number of amides is 1. The zero-order chi connectivity index (χ0) is 17.1. The number of rotatable bonds is 5. The summed E-state index contributed by atoms with van der Waals surface area (Å²) in [7, 11) is 1.61. The molecular formula is C14H19ClN6O3. The lowest BCUT2D eigenvalue weighted by Gasteiger charge is -2.33. The van der Waals surface area contributed by atoms with Gasteiger partial charge in [-0.05, 0) is 19.3 Å². The highest BCUT2D eigenvalue weighted by Crippen LogP contribution is 2.32. The molecule has 0 spiro atoms. The van der Waals surface area contributed by atoms with E-state index in [4.69, 9.17) is 26.6 Å². The van der Waals surface area contributed by atoms with E-state index >= 15 is 0 Å². The molecule has 24 heavy (non-hydrogen) atoms. The summed E-state index contributed by atoms with van der Waals surface area (Å²) < 4.78 is 10.4. The number of likely N-dealkylation sites (tertiary alicyclic amines) is 1. The second-order valence-electron chi connectivity index (χ2n) is 5.60. The van der Waals surface area contributed by atoms with Gasteiger partial charge in [0.2, 0.25) is 5.89 Å². The minimum atomic E-state index is -0.282. The van der Waals surface area contributed by atoms with Crippen molar-refractivity contribution in [2.45, 2.75) is 31.7 Å². The van der Waals surface area contributed by atoms with Gasteiger partial charge in [0.15, 0.2) is 11.6 Å². The first-order valence-electron chi connectivity index (χ1n) is 7.73. The second kappa shape index (κ2) is 7.18. The number of H-pyrrole nitrogens is 1. The Bertz CT molecular complexity index is 715. The first-order chi connectivity index (χ1) is 11.6. The number of carbonyl (C=O) groups excluding carboxylic acids is 1. The van der Waals surface area contributed by atoms with Crippen molar-refractivity contribution in [2.24, 2.45) is 0 Å². The summed E-state index contributed by atoms with van der Waals surface area (Å²) in [6.07, 6.45) is 3.18. The predicted octanol–water partition coefficient (Wildman–Crippen LogP) is 1.58. The van der Waals surface area contributed by atoms with Gasteiger partial charge in [-0.2, -0.15) is 10.1 Å². The van der Waals surface area contributed by atoms with Crippen LogP contribution in [0.1, 0.15) is 47.5 Å². The van der Waals surface area contributed by atoms with Crippen LogP contribution in [0.4, 0.5) is 5.82 Å². The molecule has 3 heterocycles. The molecule has 0 aromatic carbocycles. The zero-order valence-electron chi connectivity index (χ0n) is 13.3. The number of aromatic amines is 1.